The van der Waals surface area contributed by atoms with Gasteiger partial charge in [-0.3, -0.25) is 9.59 Å². The van der Waals surface area contributed by atoms with E-state index in [2.05, 4.69) is 5.32 Å². The minimum atomic E-state index is -1.05. The molecule has 138 valence electrons. The highest BCUT2D eigenvalue weighted by Gasteiger charge is 2.37. The van der Waals surface area contributed by atoms with E-state index in [0.29, 0.717) is 22.0 Å². The molecular weight excluding hydrogens is 354 g/mol. The number of rotatable bonds is 7. The summed E-state index contributed by atoms with van der Waals surface area (Å²) in [6.45, 7) is 3.67. The predicted octanol–water partition coefficient (Wildman–Crippen LogP) is 4.43. The summed E-state index contributed by atoms with van der Waals surface area (Å²) in [6, 6.07) is 13.5. The molecule has 0 aromatic heterocycles. The van der Waals surface area contributed by atoms with Gasteiger partial charge in [-0.1, -0.05) is 37.6 Å². The van der Waals surface area contributed by atoms with E-state index >= 15 is 0 Å². The Morgan fingerprint density at radius 2 is 1.62 bits per heavy atom. The van der Waals surface area contributed by atoms with E-state index in [9.17, 15) is 14.7 Å². The topological polar surface area (TPSA) is 75.6 Å². The number of benzene rings is 2. The third kappa shape index (κ3) is 4.76. The smallest absolute Gasteiger partial charge is 0.311 e. The molecule has 0 heterocycles. The molecule has 2 aromatic rings. The van der Waals surface area contributed by atoms with Crippen molar-refractivity contribution < 1.29 is 19.4 Å². The summed E-state index contributed by atoms with van der Waals surface area (Å²) < 4.78 is 5.10. The van der Waals surface area contributed by atoms with Crippen LogP contribution in [0.3, 0.4) is 0 Å². The number of carbonyl (C=O) groups excluding carboxylic acids is 1. The molecule has 0 aliphatic rings. The van der Waals surface area contributed by atoms with Gasteiger partial charge in [-0.25, -0.2) is 0 Å². The largest absolute Gasteiger partial charge is 0.497 e. The number of anilines is 1. The highest BCUT2D eigenvalue weighted by atomic mass is 35.5. The molecule has 2 aromatic carbocycles. The van der Waals surface area contributed by atoms with E-state index < -0.39 is 17.8 Å². The van der Waals surface area contributed by atoms with Crippen LogP contribution >= 0.6 is 11.6 Å². The Labute approximate surface area is 157 Å². The zero-order chi connectivity index (χ0) is 19.3. The molecule has 6 heteroatoms. The number of carbonyl (C=O) groups is 2. The van der Waals surface area contributed by atoms with E-state index in [0.717, 1.165) is 0 Å². The Morgan fingerprint density at radius 1 is 1.04 bits per heavy atom. The van der Waals surface area contributed by atoms with Crippen LogP contribution in [0.15, 0.2) is 48.5 Å². The number of halogens is 1. The molecule has 2 unspecified atom stereocenters. The normalized spacial score (nSPS) is 13.1. The zero-order valence-corrected chi connectivity index (χ0v) is 15.7. The number of carboxylic acids is 1. The monoisotopic (exact) mass is 375 g/mol. The highest BCUT2D eigenvalue weighted by Crippen LogP contribution is 2.33. The number of aliphatic carboxylic acids is 1. The third-order valence-electron chi connectivity index (χ3n) is 4.23. The van der Waals surface area contributed by atoms with Crippen molar-refractivity contribution in [2.45, 2.75) is 19.8 Å². The summed E-state index contributed by atoms with van der Waals surface area (Å²) in [7, 11) is 1.56. The Morgan fingerprint density at radius 3 is 2.08 bits per heavy atom. The number of amides is 1. The minimum absolute atomic E-state index is 0.176. The lowest BCUT2D eigenvalue weighted by Gasteiger charge is -2.27. The molecule has 2 rings (SSSR count). The van der Waals surface area contributed by atoms with Crippen molar-refractivity contribution in [1.82, 2.24) is 0 Å². The number of methoxy groups -OCH3 is 1. The molecule has 2 N–H and O–H groups in total. The first-order chi connectivity index (χ1) is 12.3. The molecule has 0 saturated carbocycles. The minimum Gasteiger partial charge on any atom is -0.497 e. The van der Waals surface area contributed by atoms with Crippen LogP contribution in [-0.4, -0.2) is 24.1 Å². The van der Waals surface area contributed by atoms with Crippen LogP contribution in [0.5, 0.6) is 5.75 Å². The van der Waals surface area contributed by atoms with Crippen molar-refractivity contribution in [3.63, 3.8) is 0 Å². The van der Waals surface area contributed by atoms with Gasteiger partial charge in [-0.15, -0.1) is 0 Å². The summed E-state index contributed by atoms with van der Waals surface area (Å²) in [5.41, 5.74) is 1.13. The van der Waals surface area contributed by atoms with Crippen molar-refractivity contribution >= 4 is 29.2 Å². The van der Waals surface area contributed by atoms with Crippen molar-refractivity contribution in [1.29, 1.82) is 0 Å². The lowest BCUT2D eigenvalue weighted by Crippen LogP contribution is -2.35. The first-order valence-corrected chi connectivity index (χ1v) is 8.64. The molecule has 0 bridgehead atoms. The van der Waals surface area contributed by atoms with Crippen LogP contribution in [0.4, 0.5) is 5.69 Å². The van der Waals surface area contributed by atoms with E-state index in [1.807, 2.05) is 13.8 Å². The maximum atomic E-state index is 12.9. The molecule has 0 radical (unpaired) electrons. The Bertz CT molecular complexity index is 756. The van der Waals surface area contributed by atoms with E-state index in [1.165, 1.54) is 0 Å². The molecule has 1 amide bonds. The van der Waals surface area contributed by atoms with Crippen molar-refractivity contribution in [3.8, 4) is 5.75 Å². The second-order valence-electron chi connectivity index (χ2n) is 6.36. The second-order valence-corrected chi connectivity index (χ2v) is 6.79. The molecule has 0 aliphatic carbocycles. The fourth-order valence-electron chi connectivity index (χ4n) is 2.91. The van der Waals surface area contributed by atoms with Gasteiger partial charge in [0.25, 0.3) is 0 Å². The maximum Gasteiger partial charge on any atom is 0.311 e. The Hall–Kier alpha value is -2.53. The predicted molar refractivity (Wildman–Crippen MR) is 102 cm³/mol. The van der Waals surface area contributed by atoms with Crippen LogP contribution in [0.1, 0.15) is 25.3 Å². The summed E-state index contributed by atoms with van der Waals surface area (Å²) in [4.78, 5) is 24.8. The number of hydrogen-bond acceptors (Lipinski definition) is 3. The number of ether oxygens (including phenoxy) is 1. The average Bonchev–Trinajstić information content (AvgIpc) is 2.60. The van der Waals surface area contributed by atoms with Gasteiger partial charge in [-0.2, -0.15) is 0 Å². The number of hydrogen-bond donors (Lipinski definition) is 2. The molecule has 2 atom stereocenters. The SMILES string of the molecule is COc1ccc(NC(=O)C(C(C)C)C(C(=O)O)c2ccc(Cl)cc2)cc1. The summed E-state index contributed by atoms with van der Waals surface area (Å²) in [5, 5.41) is 13.1. The van der Waals surface area contributed by atoms with E-state index in [4.69, 9.17) is 16.3 Å². The summed E-state index contributed by atoms with van der Waals surface area (Å²) in [6.07, 6.45) is 0. The zero-order valence-electron chi connectivity index (χ0n) is 14.9. The van der Waals surface area contributed by atoms with Gasteiger partial charge in [0, 0.05) is 10.7 Å². The van der Waals surface area contributed by atoms with Gasteiger partial charge in [0.15, 0.2) is 0 Å². The van der Waals surface area contributed by atoms with Crippen LogP contribution in [0.25, 0.3) is 0 Å². The Kier molecular flexibility index (Phi) is 6.64. The third-order valence-corrected chi connectivity index (χ3v) is 4.48. The lowest BCUT2D eigenvalue weighted by atomic mass is 9.78. The standard InChI is InChI=1S/C20H22ClNO4/c1-12(2)17(18(20(24)25)13-4-6-14(21)7-5-13)19(23)22-15-8-10-16(26-3)11-9-15/h4-12,17-18H,1-3H3,(H,22,23)(H,24,25). The first kappa shape index (κ1) is 19.8. The average molecular weight is 376 g/mol. The first-order valence-electron chi connectivity index (χ1n) is 8.26. The molecule has 5 nitrogen and oxygen atoms in total. The van der Waals surface area contributed by atoms with Crippen molar-refractivity contribution in [3.05, 3.63) is 59.1 Å². The Balaban J connectivity index is 2.29. The van der Waals surface area contributed by atoms with Gasteiger partial charge in [0.2, 0.25) is 5.91 Å². The van der Waals surface area contributed by atoms with Gasteiger partial charge in [-0.05, 0) is 47.9 Å². The van der Waals surface area contributed by atoms with Crippen LogP contribution in [0, 0.1) is 11.8 Å². The maximum absolute atomic E-state index is 12.9. The van der Waals surface area contributed by atoms with Gasteiger partial charge < -0.3 is 15.2 Å². The van der Waals surface area contributed by atoms with Crippen molar-refractivity contribution in [2.24, 2.45) is 11.8 Å². The summed E-state index contributed by atoms with van der Waals surface area (Å²) >= 11 is 5.90. The molecule has 0 aliphatic heterocycles. The van der Waals surface area contributed by atoms with Gasteiger partial charge in [0.05, 0.1) is 18.9 Å². The lowest BCUT2D eigenvalue weighted by molar-refractivity contribution is -0.143. The molecular formula is C20H22ClNO4. The second kappa shape index (κ2) is 8.72. The van der Waals surface area contributed by atoms with Crippen LogP contribution < -0.4 is 10.1 Å². The van der Waals surface area contributed by atoms with Gasteiger partial charge in [0.1, 0.15) is 5.75 Å². The molecule has 0 fully saturated rings. The summed E-state index contributed by atoms with van der Waals surface area (Å²) in [5.74, 6) is -2.59. The molecule has 0 saturated heterocycles. The van der Waals surface area contributed by atoms with Crippen molar-refractivity contribution in [2.75, 3.05) is 12.4 Å². The number of carboxylic acid groups (broad SMARTS) is 1. The van der Waals surface area contributed by atoms with E-state index in [-0.39, 0.29) is 11.8 Å². The quantitative estimate of drug-likeness (QED) is 0.750. The molecule has 0 spiro atoms. The molecule has 26 heavy (non-hydrogen) atoms. The van der Waals surface area contributed by atoms with Crippen LogP contribution in [0.2, 0.25) is 5.02 Å². The van der Waals surface area contributed by atoms with Crippen LogP contribution in [-0.2, 0) is 9.59 Å². The number of nitrogens with one attached hydrogen (secondary N) is 1. The fraction of sp³-hybridized carbons (Fsp3) is 0.300. The van der Waals surface area contributed by atoms with Gasteiger partial charge >= 0.3 is 5.97 Å². The van der Waals surface area contributed by atoms with E-state index in [1.54, 1.807) is 55.6 Å². The fourth-order valence-corrected chi connectivity index (χ4v) is 3.04. The highest BCUT2D eigenvalue weighted by molar-refractivity contribution is 6.30.